The molecule has 1 saturated heterocycles. The molecule has 2 aliphatic rings. The third-order valence-corrected chi connectivity index (χ3v) is 17.1. The Kier molecular flexibility index (Phi) is 31.3. The summed E-state index contributed by atoms with van der Waals surface area (Å²) in [5.74, 6) is -13.2. The Hall–Kier alpha value is -7.22. The molecule has 0 spiro atoms. The molecule has 26 nitrogen and oxygen atoms in total. The van der Waals surface area contributed by atoms with Gasteiger partial charge in [-0.05, 0) is 81.1 Å². The molecule has 0 bridgehead atoms. The number of nitrogens with two attached hydrogens (primary N) is 1. The maximum Gasteiger partial charge on any atom is 0.329 e. The number of cyclic esters (lactones) is 1. The first-order valence-electron chi connectivity index (χ1n) is 31.0. The van der Waals surface area contributed by atoms with E-state index in [2.05, 4.69) is 53.2 Å². The molecule has 1 aliphatic carbocycles. The molecule has 1 saturated carbocycles. The lowest BCUT2D eigenvalue weighted by Gasteiger charge is -2.32. The molecule has 0 unspecified atom stereocenters. The van der Waals surface area contributed by atoms with Gasteiger partial charge in [0.05, 0.1) is 13.2 Å². The quantitative estimate of drug-likeness (QED) is 0.0438. The highest BCUT2D eigenvalue weighted by Crippen LogP contribution is 2.28. The van der Waals surface area contributed by atoms with Crippen LogP contribution in [-0.2, 0) is 68.7 Å². The van der Waals surface area contributed by atoms with Gasteiger partial charge in [0.2, 0.25) is 65.0 Å². The second-order valence-electron chi connectivity index (χ2n) is 23.6. The Morgan fingerprint density at radius 3 is 1.55 bits per heavy atom. The SMILES string of the molecule is CC[C@H](Cc1ccccc1)C(=O)N[C@H](C(=O)N[C@@H](CO)C(=O)N[C@H](CCC(N)=O)C(=O)N[C@@H](C(=O)N[C@H](C(=O)N[C@@H](CO)C(=O)N[C@H]1C(=O)N[C@@H](C)C(=O)N[C@@H](C2CCCCC2)C(=O)N[C@@H]([C@@H](C)CC)C(=O)O[C@H]1C)[C@@H](C)CC)[C@H](C)CC)[C@@H](C)CC. The zero-order valence-electron chi connectivity index (χ0n) is 52.6. The van der Waals surface area contributed by atoms with Gasteiger partial charge in [0.1, 0.15) is 66.5 Å². The summed E-state index contributed by atoms with van der Waals surface area (Å²) in [5, 5.41) is 47.0. The number of hydrogen-bond acceptors (Lipinski definition) is 15. The van der Waals surface area contributed by atoms with Crippen molar-refractivity contribution < 1.29 is 72.5 Å². The second kappa shape index (κ2) is 36.8. The summed E-state index contributed by atoms with van der Waals surface area (Å²) >= 11 is 0. The number of benzene rings is 1. The van der Waals surface area contributed by atoms with Crippen LogP contribution in [0.25, 0.3) is 0 Å². The first-order valence-corrected chi connectivity index (χ1v) is 31.0. The first kappa shape index (κ1) is 74.0. The van der Waals surface area contributed by atoms with Gasteiger partial charge in [-0.1, -0.05) is 138 Å². The molecule has 3 rings (SSSR count). The Balaban J connectivity index is 1.85. The van der Waals surface area contributed by atoms with Gasteiger partial charge in [0.25, 0.3) is 0 Å². The van der Waals surface area contributed by atoms with Gasteiger partial charge in [0.15, 0.2) is 0 Å². The van der Waals surface area contributed by atoms with Crippen molar-refractivity contribution in [1.29, 1.82) is 0 Å². The van der Waals surface area contributed by atoms with Crippen LogP contribution in [0.1, 0.15) is 159 Å². The molecule has 14 N–H and O–H groups in total. The summed E-state index contributed by atoms with van der Waals surface area (Å²) in [6, 6.07) is -4.90. The molecule has 16 atom stereocenters. The molecule has 11 amide bonds. The van der Waals surface area contributed by atoms with E-state index < -0.39 is 187 Å². The van der Waals surface area contributed by atoms with E-state index >= 15 is 0 Å². The van der Waals surface area contributed by atoms with Crippen LogP contribution in [0.15, 0.2) is 30.3 Å². The van der Waals surface area contributed by atoms with E-state index in [1.807, 2.05) is 44.2 Å². The molecule has 2 fully saturated rings. The van der Waals surface area contributed by atoms with Crippen molar-refractivity contribution >= 4 is 70.9 Å². The summed E-state index contributed by atoms with van der Waals surface area (Å²) in [4.78, 5) is 166. The summed E-state index contributed by atoms with van der Waals surface area (Å²) in [7, 11) is 0. The van der Waals surface area contributed by atoms with Gasteiger partial charge in [-0.2, -0.15) is 0 Å². The maximum absolute atomic E-state index is 14.4. The van der Waals surface area contributed by atoms with Crippen molar-refractivity contribution in [2.24, 2.45) is 41.2 Å². The van der Waals surface area contributed by atoms with Gasteiger partial charge in [0, 0.05) is 12.3 Å². The molecule has 1 heterocycles. The predicted molar refractivity (Wildman–Crippen MR) is 321 cm³/mol. The number of carbonyl (C=O) groups excluding carboxylic acids is 12. The van der Waals surface area contributed by atoms with Crippen LogP contribution in [-0.4, -0.2) is 161 Å². The fraction of sp³-hybridized carbons (Fsp3) is 0.705. The standard InChI is InChI=1S/C61H99N11O15/c1-12-32(6)45(67-52(77)39(16-5)29-38-23-19-17-20-24-38)56(81)65-42(30-73)54(79)64-41(27-28-44(62)75)53(78)68-47(34(8)14-3)58(83)69-46(33(7)13-2)57(82)66-43(31-74)55(80)71-49-37(11)87-61(86)48(35(9)15-4)70-60(85)50(40-25-21-18-22-26-40)72-51(76)36(10)63-59(49)84/h17,19-20,23-24,32-37,39-43,45-50,73-74H,12-16,18,21-22,25-31H2,1-11H3,(H2,62,75)(H,63,84)(H,64,79)(H,65,81)(H,66,82)(H,67,77)(H,68,78)(H,69,83)(H,70,85)(H,71,80)(H,72,76)/t32-,33-,34+,35-,36-,37-,39+,41+,42-,43-,45-,46-,47+,48-,49+,50-/m0/s1. The number of aliphatic hydroxyl groups excluding tert-OH is 2. The Morgan fingerprint density at radius 1 is 0.575 bits per heavy atom. The van der Waals surface area contributed by atoms with Crippen LogP contribution in [0, 0.1) is 35.5 Å². The molecule has 0 aromatic heterocycles. The van der Waals surface area contributed by atoms with Crippen LogP contribution in [0.2, 0.25) is 0 Å². The van der Waals surface area contributed by atoms with E-state index in [4.69, 9.17) is 10.5 Å². The smallest absolute Gasteiger partial charge is 0.329 e. The van der Waals surface area contributed by atoms with E-state index in [1.165, 1.54) is 13.8 Å². The largest absolute Gasteiger partial charge is 0.458 e. The number of nitrogens with one attached hydrogen (secondary N) is 10. The molecular weight excluding hydrogens is 1130 g/mol. The first-order chi connectivity index (χ1) is 41.2. The van der Waals surface area contributed by atoms with Gasteiger partial charge in [-0.15, -0.1) is 0 Å². The Bertz CT molecular complexity index is 2500. The van der Waals surface area contributed by atoms with Crippen LogP contribution in [0.5, 0.6) is 0 Å². The third-order valence-electron chi connectivity index (χ3n) is 17.1. The van der Waals surface area contributed by atoms with Crippen LogP contribution in [0.4, 0.5) is 0 Å². The zero-order chi connectivity index (χ0) is 65.2. The molecule has 488 valence electrons. The van der Waals surface area contributed by atoms with E-state index in [-0.39, 0.29) is 24.7 Å². The van der Waals surface area contributed by atoms with E-state index in [0.29, 0.717) is 38.5 Å². The fourth-order valence-corrected chi connectivity index (χ4v) is 10.3. The minimum Gasteiger partial charge on any atom is -0.458 e. The monoisotopic (exact) mass is 1230 g/mol. The number of primary amides is 1. The average Bonchev–Trinajstić information content (AvgIpc) is 3.51. The van der Waals surface area contributed by atoms with Crippen LogP contribution >= 0.6 is 0 Å². The number of ether oxygens (including phenoxy) is 1. The van der Waals surface area contributed by atoms with Gasteiger partial charge < -0.3 is 73.9 Å². The third kappa shape index (κ3) is 22.5. The molecule has 1 aromatic carbocycles. The summed E-state index contributed by atoms with van der Waals surface area (Å²) in [6.45, 7) is 16.3. The number of esters is 1. The van der Waals surface area contributed by atoms with Gasteiger partial charge in [-0.3, -0.25) is 52.7 Å². The summed E-state index contributed by atoms with van der Waals surface area (Å²) in [5.41, 5.74) is 6.38. The van der Waals surface area contributed by atoms with Crippen molar-refractivity contribution in [3.63, 3.8) is 0 Å². The van der Waals surface area contributed by atoms with Crippen LogP contribution < -0.4 is 58.9 Å². The van der Waals surface area contributed by atoms with Gasteiger partial charge in [-0.25, -0.2) is 4.79 Å². The fourth-order valence-electron chi connectivity index (χ4n) is 10.3. The number of amides is 11. The number of aliphatic hydroxyl groups is 2. The van der Waals surface area contributed by atoms with E-state index in [1.54, 1.807) is 48.5 Å². The number of carbonyl (C=O) groups is 12. The molecule has 0 radical (unpaired) electrons. The van der Waals surface area contributed by atoms with Gasteiger partial charge >= 0.3 is 5.97 Å². The zero-order valence-corrected chi connectivity index (χ0v) is 52.6. The number of rotatable bonds is 31. The molecule has 1 aliphatic heterocycles. The van der Waals surface area contributed by atoms with E-state index in [0.717, 1.165) is 24.8 Å². The second-order valence-corrected chi connectivity index (χ2v) is 23.6. The van der Waals surface area contributed by atoms with Crippen molar-refractivity contribution in [1.82, 2.24) is 53.2 Å². The minimum absolute atomic E-state index is 0.240. The Morgan fingerprint density at radius 2 is 1.06 bits per heavy atom. The van der Waals surface area contributed by atoms with E-state index in [9.17, 15) is 67.7 Å². The highest BCUT2D eigenvalue weighted by Gasteiger charge is 2.42. The minimum atomic E-state index is -1.80. The van der Waals surface area contributed by atoms with Crippen molar-refractivity contribution in [3.8, 4) is 0 Å². The van der Waals surface area contributed by atoms with Crippen molar-refractivity contribution in [2.75, 3.05) is 13.2 Å². The maximum atomic E-state index is 14.4. The lowest BCUT2D eigenvalue weighted by atomic mass is 9.83. The number of hydrogen-bond donors (Lipinski definition) is 13. The predicted octanol–water partition coefficient (Wildman–Crippen LogP) is 0.0833. The lowest BCUT2D eigenvalue weighted by Crippen LogP contribution is -2.63. The normalized spacial score (nSPS) is 22.5. The highest BCUT2D eigenvalue weighted by atomic mass is 16.5. The summed E-state index contributed by atoms with van der Waals surface area (Å²) in [6.07, 6.45) is 3.95. The molecule has 1 aromatic rings. The highest BCUT2D eigenvalue weighted by molar-refractivity contribution is 5.99. The average molecular weight is 1230 g/mol. The van der Waals surface area contributed by atoms with Crippen LogP contribution in [0.3, 0.4) is 0 Å². The Labute approximate surface area is 511 Å². The van der Waals surface area contributed by atoms with Crippen molar-refractivity contribution in [2.45, 2.75) is 226 Å². The van der Waals surface area contributed by atoms with Crippen molar-refractivity contribution in [3.05, 3.63) is 35.9 Å². The lowest BCUT2D eigenvalue weighted by molar-refractivity contribution is -0.157. The molecule has 87 heavy (non-hydrogen) atoms. The topological polar surface area (TPSA) is 401 Å². The molecule has 26 heteroatoms. The molecular formula is C61H99N11O15. The summed E-state index contributed by atoms with van der Waals surface area (Å²) < 4.78 is 5.77.